The molecule has 19 heavy (non-hydrogen) atoms. The summed E-state index contributed by atoms with van der Waals surface area (Å²) in [5.74, 6) is 0.130. The Balaban J connectivity index is 2.00. The third kappa shape index (κ3) is 4.27. The third-order valence-electron chi connectivity index (χ3n) is 3.40. The lowest BCUT2D eigenvalue weighted by atomic mass is 9.84. The topological polar surface area (TPSA) is 26.3 Å². The van der Waals surface area contributed by atoms with Crippen molar-refractivity contribution in [3.05, 3.63) is 29.8 Å². The highest BCUT2D eigenvalue weighted by atomic mass is 35.6. The van der Waals surface area contributed by atoms with Crippen molar-refractivity contribution in [3.8, 4) is 5.75 Å². The number of hydrogen-bond donors (Lipinski definition) is 0. The van der Waals surface area contributed by atoms with Gasteiger partial charge in [-0.25, -0.2) is 4.79 Å². The van der Waals surface area contributed by atoms with E-state index in [1.807, 2.05) is 12.1 Å². The Kier molecular flexibility index (Phi) is 4.99. The molecule has 2 rings (SSSR count). The molecule has 1 aliphatic carbocycles. The van der Waals surface area contributed by atoms with Crippen LogP contribution in [0, 0.1) is 0 Å². The Hall–Kier alpha value is -0.440. The molecule has 0 N–H and O–H groups in total. The number of rotatable bonds is 2. The van der Waals surface area contributed by atoms with Gasteiger partial charge >= 0.3 is 5.97 Å². The first kappa shape index (κ1) is 15.0. The lowest BCUT2D eigenvalue weighted by Crippen LogP contribution is -2.24. The molecule has 1 aliphatic rings. The van der Waals surface area contributed by atoms with Gasteiger partial charge < -0.3 is 4.74 Å². The maximum atomic E-state index is 11.4. The Morgan fingerprint density at radius 1 is 1.05 bits per heavy atom. The van der Waals surface area contributed by atoms with Gasteiger partial charge in [0, 0.05) is 0 Å². The second-order valence-corrected chi connectivity index (χ2v) is 7.07. The highest BCUT2D eigenvalue weighted by molar-refractivity contribution is 6.75. The van der Waals surface area contributed by atoms with E-state index in [2.05, 4.69) is 0 Å². The van der Waals surface area contributed by atoms with Crippen molar-refractivity contribution in [1.82, 2.24) is 0 Å². The van der Waals surface area contributed by atoms with E-state index in [4.69, 9.17) is 39.5 Å². The molecule has 0 radical (unpaired) electrons. The van der Waals surface area contributed by atoms with Crippen molar-refractivity contribution in [2.45, 2.75) is 41.8 Å². The molecule has 0 heterocycles. The van der Waals surface area contributed by atoms with Gasteiger partial charge in [0.2, 0.25) is 0 Å². The number of esters is 1. The molecule has 5 heteroatoms. The minimum atomic E-state index is -2.04. The first-order chi connectivity index (χ1) is 8.97. The monoisotopic (exact) mass is 320 g/mol. The van der Waals surface area contributed by atoms with Crippen LogP contribution in [0.4, 0.5) is 0 Å². The molecule has 1 saturated carbocycles. The second-order valence-electron chi connectivity index (χ2n) is 4.79. The van der Waals surface area contributed by atoms with Gasteiger partial charge in [0.15, 0.2) is 0 Å². The fraction of sp³-hybridized carbons (Fsp3) is 0.500. The summed E-state index contributed by atoms with van der Waals surface area (Å²) < 4.78 is 2.95. The summed E-state index contributed by atoms with van der Waals surface area (Å²) in [4.78, 5) is 11.4. The number of carbonyl (C=O) groups excluding carboxylic acids is 1. The van der Waals surface area contributed by atoms with Crippen LogP contribution in [0.5, 0.6) is 5.75 Å². The molecular weight excluding hydrogens is 307 g/mol. The summed E-state index contributed by atoms with van der Waals surface area (Å²) >= 11 is 16.3. The van der Waals surface area contributed by atoms with Crippen LogP contribution in [0.3, 0.4) is 0 Å². The molecule has 0 bridgehead atoms. The predicted octanol–water partition coefficient (Wildman–Crippen LogP) is 5.01. The fourth-order valence-electron chi connectivity index (χ4n) is 2.41. The molecule has 1 fully saturated rings. The maximum Gasteiger partial charge on any atom is 0.363 e. The first-order valence-corrected chi connectivity index (χ1v) is 7.49. The summed E-state index contributed by atoms with van der Waals surface area (Å²) in [7, 11) is 0. The van der Waals surface area contributed by atoms with Crippen LogP contribution < -0.4 is 4.74 Å². The van der Waals surface area contributed by atoms with E-state index in [9.17, 15) is 4.79 Å². The van der Waals surface area contributed by atoms with Crippen molar-refractivity contribution >= 4 is 40.8 Å². The molecule has 104 valence electrons. The molecule has 0 aliphatic heterocycles. The number of carbonyl (C=O) groups is 1. The highest BCUT2D eigenvalue weighted by Crippen LogP contribution is 2.34. The zero-order chi connectivity index (χ0) is 13.9. The molecule has 0 aromatic heterocycles. The number of hydrogen-bond acceptors (Lipinski definition) is 2. The van der Waals surface area contributed by atoms with Crippen molar-refractivity contribution in [2.24, 2.45) is 0 Å². The van der Waals surface area contributed by atoms with Crippen LogP contribution >= 0.6 is 34.8 Å². The summed E-state index contributed by atoms with van der Waals surface area (Å²) in [6.45, 7) is 0. The molecular formula is C14H15Cl3O2. The van der Waals surface area contributed by atoms with Crippen LogP contribution in [0.15, 0.2) is 24.3 Å². The van der Waals surface area contributed by atoms with Gasteiger partial charge in [-0.3, -0.25) is 0 Å². The van der Waals surface area contributed by atoms with E-state index in [0.717, 1.165) is 0 Å². The van der Waals surface area contributed by atoms with Crippen molar-refractivity contribution in [2.75, 3.05) is 0 Å². The molecule has 2 nitrogen and oxygen atoms in total. The minimum absolute atomic E-state index is 0.399. The van der Waals surface area contributed by atoms with Gasteiger partial charge in [0.05, 0.1) is 0 Å². The van der Waals surface area contributed by atoms with Crippen LogP contribution in [0.1, 0.15) is 43.6 Å². The summed E-state index contributed by atoms with van der Waals surface area (Å²) in [6.07, 6.45) is 6.36. The first-order valence-electron chi connectivity index (χ1n) is 6.36. The van der Waals surface area contributed by atoms with Gasteiger partial charge in [-0.15, -0.1) is 0 Å². The lowest BCUT2D eigenvalue weighted by molar-refractivity contribution is -0.133. The Morgan fingerprint density at radius 2 is 1.63 bits per heavy atom. The smallest absolute Gasteiger partial charge is 0.363 e. The molecule has 1 aromatic carbocycles. The van der Waals surface area contributed by atoms with Gasteiger partial charge in [-0.05, 0) is 36.5 Å². The van der Waals surface area contributed by atoms with E-state index in [1.54, 1.807) is 12.1 Å². The Bertz CT molecular complexity index is 431. The summed E-state index contributed by atoms with van der Waals surface area (Å²) in [5.41, 5.74) is 1.29. The number of halogens is 3. The maximum absolute atomic E-state index is 11.4. The van der Waals surface area contributed by atoms with E-state index in [-0.39, 0.29) is 0 Å². The molecule has 0 saturated heterocycles. The van der Waals surface area contributed by atoms with E-state index in [0.29, 0.717) is 11.7 Å². The molecule has 0 unspecified atom stereocenters. The van der Waals surface area contributed by atoms with Gasteiger partial charge in [-0.1, -0.05) is 66.2 Å². The predicted molar refractivity (Wildman–Crippen MR) is 78.2 cm³/mol. The average Bonchev–Trinajstić information content (AvgIpc) is 2.39. The quantitative estimate of drug-likeness (QED) is 0.435. The van der Waals surface area contributed by atoms with Crippen LogP contribution in [-0.4, -0.2) is 9.76 Å². The highest BCUT2D eigenvalue weighted by Gasteiger charge is 2.33. The standard InChI is InChI=1S/C14H15Cl3O2/c15-14(16,17)13(18)19-12-8-6-11(7-9-12)10-4-2-1-3-5-10/h6-10H,1-5H2. The molecule has 1 aromatic rings. The zero-order valence-corrected chi connectivity index (χ0v) is 12.6. The van der Waals surface area contributed by atoms with Crippen molar-refractivity contribution in [1.29, 1.82) is 0 Å². The van der Waals surface area contributed by atoms with E-state index in [1.165, 1.54) is 37.7 Å². The van der Waals surface area contributed by atoms with E-state index >= 15 is 0 Å². The normalized spacial score (nSPS) is 17.2. The average molecular weight is 322 g/mol. The molecule has 0 spiro atoms. The van der Waals surface area contributed by atoms with E-state index < -0.39 is 9.76 Å². The number of alkyl halides is 3. The fourth-order valence-corrected chi connectivity index (χ4v) is 2.52. The van der Waals surface area contributed by atoms with Crippen molar-refractivity contribution < 1.29 is 9.53 Å². The summed E-state index contributed by atoms with van der Waals surface area (Å²) in [5, 5.41) is 0. The van der Waals surface area contributed by atoms with Gasteiger partial charge in [0.1, 0.15) is 5.75 Å². The zero-order valence-electron chi connectivity index (χ0n) is 10.4. The lowest BCUT2D eigenvalue weighted by Gasteiger charge is -2.22. The second kappa shape index (κ2) is 6.34. The number of benzene rings is 1. The largest absolute Gasteiger partial charge is 0.423 e. The Morgan fingerprint density at radius 3 is 2.16 bits per heavy atom. The minimum Gasteiger partial charge on any atom is -0.423 e. The summed E-state index contributed by atoms with van der Waals surface area (Å²) in [6, 6.07) is 7.46. The van der Waals surface area contributed by atoms with Crippen molar-refractivity contribution in [3.63, 3.8) is 0 Å². The molecule has 0 atom stereocenters. The third-order valence-corrected chi connectivity index (χ3v) is 3.86. The molecule has 0 amide bonds. The number of ether oxygens (including phenoxy) is 1. The van der Waals surface area contributed by atoms with Crippen LogP contribution in [0.2, 0.25) is 0 Å². The SMILES string of the molecule is O=C(Oc1ccc(C2CCCCC2)cc1)C(Cl)(Cl)Cl. The van der Waals surface area contributed by atoms with Crippen LogP contribution in [-0.2, 0) is 4.79 Å². The Labute approximate surface area is 128 Å². The van der Waals surface area contributed by atoms with Gasteiger partial charge in [-0.2, -0.15) is 0 Å². The van der Waals surface area contributed by atoms with Gasteiger partial charge in [0.25, 0.3) is 3.79 Å². The van der Waals surface area contributed by atoms with Crippen LogP contribution in [0.25, 0.3) is 0 Å².